The average Bonchev–Trinajstić information content (AvgIpc) is 2.87. The van der Waals surface area contributed by atoms with Gasteiger partial charge >= 0.3 is 0 Å². The van der Waals surface area contributed by atoms with Crippen LogP contribution in [0, 0.1) is 0 Å². The van der Waals surface area contributed by atoms with Crippen molar-refractivity contribution in [3.8, 4) is 5.88 Å². The van der Waals surface area contributed by atoms with Crippen molar-refractivity contribution < 1.29 is 9.53 Å². The number of pyridine rings is 2. The number of rotatable bonds is 4. The minimum absolute atomic E-state index is 0.0407. The maximum absolute atomic E-state index is 12.7. The van der Waals surface area contributed by atoms with Crippen molar-refractivity contribution in [1.29, 1.82) is 0 Å². The Kier molecular flexibility index (Phi) is 5.38. The Morgan fingerprint density at radius 1 is 1.21 bits per heavy atom. The summed E-state index contributed by atoms with van der Waals surface area (Å²) in [4.78, 5) is 25.2. The van der Waals surface area contributed by atoms with E-state index in [-0.39, 0.29) is 5.91 Å². The van der Waals surface area contributed by atoms with Gasteiger partial charge in [-0.1, -0.05) is 6.07 Å². The first-order valence-corrected chi connectivity index (χ1v) is 8.17. The van der Waals surface area contributed by atoms with Crippen molar-refractivity contribution >= 4 is 5.91 Å². The Labute approximate surface area is 142 Å². The summed E-state index contributed by atoms with van der Waals surface area (Å²) in [6.07, 6.45) is 6.26. The molecule has 0 saturated carbocycles. The quantitative estimate of drug-likeness (QED) is 0.858. The summed E-state index contributed by atoms with van der Waals surface area (Å²) in [6, 6.07) is 7.48. The van der Waals surface area contributed by atoms with Gasteiger partial charge in [0, 0.05) is 62.9 Å². The zero-order chi connectivity index (χ0) is 16.8. The second kappa shape index (κ2) is 7.88. The average molecular weight is 326 g/mol. The van der Waals surface area contributed by atoms with Gasteiger partial charge in [0.1, 0.15) is 0 Å². The summed E-state index contributed by atoms with van der Waals surface area (Å²) in [5, 5.41) is 0. The molecule has 1 fully saturated rings. The summed E-state index contributed by atoms with van der Waals surface area (Å²) in [5.74, 6) is 0.507. The standard InChI is InChI=1S/C18H22N4O2/c1-24-17-12-16(5-7-20-17)18(23)22-9-3-8-21(10-11-22)14-15-4-2-6-19-13-15/h2,4-7,12-13H,3,8-11,14H2,1H3. The molecular formula is C18H22N4O2. The molecule has 3 rings (SSSR count). The third-order valence-electron chi connectivity index (χ3n) is 4.20. The van der Waals surface area contributed by atoms with E-state index < -0.39 is 0 Å². The van der Waals surface area contributed by atoms with Crippen LogP contribution < -0.4 is 4.74 Å². The number of ether oxygens (including phenoxy) is 1. The first-order chi connectivity index (χ1) is 11.8. The van der Waals surface area contributed by atoms with Gasteiger partial charge in [0.15, 0.2) is 0 Å². The van der Waals surface area contributed by atoms with Gasteiger partial charge in [-0.05, 0) is 24.1 Å². The summed E-state index contributed by atoms with van der Waals surface area (Å²) in [5.41, 5.74) is 1.83. The highest BCUT2D eigenvalue weighted by Gasteiger charge is 2.20. The van der Waals surface area contributed by atoms with Gasteiger partial charge in [-0.15, -0.1) is 0 Å². The number of carbonyl (C=O) groups excluding carboxylic acids is 1. The summed E-state index contributed by atoms with van der Waals surface area (Å²) in [6.45, 7) is 4.22. The van der Waals surface area contributed by atoms with Crippen LogP contribution in [0.25, 0.3) is 0 Å². The van der Waals surface area contributed by atoms with Crippen molar-refractivity contribution in [3.63, 3.8) is 0 Å². The Hall–Kier alpha value is -2.47. The Morgan fingerprint density at radius 2 is 2.12 bits per heavy atom. The Morgan fingerprint density at radius 3 is 2.92 bits per heavy atom. The van der Waals surface area contributed by atoms with E-state index in [0.29, 0.717) is 11.4 Å². The van der Waals surface area contributed by atoms with E-state index in [1.54, 1.807) is 31.6 Å². The number of carbonyl (C=O) groups is 1. The molecule has 0 N–H and O–H groups in total. The molecule has 1 aliphatic heterocycles. The minimum Gasteiger partial charge on any atom is -0.481 e. The van der Waals surface area contributed by atoms with Gasteiger partial charge in [-0.25, -0.2) is 4.98 Å². The highest BCUT2D eigenvalue weighted by atomic mass is 16.5. The molecule has 6 heteroatoms. The lowest BCUT2D eigenvalue weighted by atomic mass is 10.2. The fourth-order valence-electron chi connectivity index (χ4n) is 2.92. The maximum Gasteiger partial charge on any atom is 0.254 e. The third-order valence-corrected chi connectivity index (χ3v) is 4.20. The first kappa shape index (κ1) is 16.4. The van der Waals surface area contributed by atoms with Crippen molar-refractivity contribution in [3.05, 3.63) is 54.0 Å². The zero-order valence-electron chi connectivity index (χ0n) is 13.9. The van der Waals surface area contributed by atoms with Gasteiger partial charge in [0.2, 0.25) is 5.88 Å². The molecule has 1 aliphatic rings. The smallest absolute Gasteiger partial charge is 0.254 e. The number of amides is 1. The lowest BCUT2D eigenvalue weighted by Crippen LogP contribution is -2.35. The SMILES string of the molecule is COc1cc(C(=O)N2CCCN(Cc3cccnc3)CC2)ccn1. The molecule has 24 heavy (non-hydrogen) atoms. The minimum atomic E-state index is 0.0407. The Balaban J connectivity index is 1.61. The molecule has 0 aliphatic carbocycles. The van der Waals surface area contributed by atoms with Gasteiger partial charge in [-0.3, -0.25) is 14.7 Å². The largest absolute Gasteiger partial charge is 0.481 e. The predicted octanol–water partition coefficient (Wildman–Crippen LogP) is 1.83. The van der Waals surface area contributed by atoms with E-state index in [0.717, 1.165) is 39.1 Å². The molecule has 2 aromatic heterocycles. The van der Waals surface area contributed by atoms with Crippen LogP contribution in [0.1, 0.15) is 22.3 Å². The highest BCUT2D eigenvalue weighted by molar-refractivity contribution is 5.94. The van der Waals surface area contributed by atoms with Gasteiger partial charge < -0.3 is 9.64 Å². The van der Waals surface area contributed by atoms with Crippen LogP contribution in [0.3, 0.4) is 0 Å². The van der Waals surface area contributed by atoms with Gasteiger partial charge in [0.05, 0.1) is 7.11 Å². The molecule has 126 valence electrons. The van der Waals surface area contributed by atoms with E-state index in [1.807, 2.05) is 17.2 Å². The van der Waals surface area contributed by atoms with E-state index >= 15 is 0 Å². The van der Waals surface area contributed by atoms with Gasteiger partial charge in [0.25, 0.3) is 5.91 Å². The highest BCUT2D eigenvalue weighted by Crippen LogP contribution is 2.14. The number of hydrogen-bond donors (Lipinski definition) is 0. The van der Waals surface area contributed by atoms with Crippen LogP contribution in [0.2, 0.25) is 0 Å². The molecule has 1 saturated heterocycles. The van der Waals surface area contributed by atoms with Crippen molar-refractivity contribution in [2.75, 3.05) is 33.3 Å². The Bertz CT molecular complexity index is 678. The van der Waals surface area contributed by atoms with Crippen LogP contribution in [0.4, 0.5) is 0 Å². The van der Waals surface area contributed by atoms with Gasteiger partial charge in [-0.2, -0.15) is 0 Å². The molecule has 0 spiro atoms. The molecule has 0 unspecified atom stereocenters. The fraction of sp³-hybridized carbons (Fsp3) is 0.389. The fourth-order valence-corrected chi connectivity index (χ4v) is 2.92. The normalized spacial score (nSPS) is 15.8. The molecule has 0 radical (unpaired) electrons. The van der Waals surface area contributed by atoms with E-state index in [9.17, 15) is 4.79 Å². The van der Waals surface area contributed by atoms with Crippen LogP contribution in [0.15, 0.2) is 42.9 Å². The molecule has 6 nitrogen and oxygen atoms in total. The number of nitrogens with zero attached hydrogens (tertiary/aromatic N) is 4. The van der Waals surface area contributed by atoms with E-state index in [2.05, 4.69) is 20.9 Å². The molecule has 2 aromatic rings. The maximum atomic E-state index is 12.7. The van der Waals surface area contributed by atoms with Crippen molar-refractivity contribution in [2.45, 2.75) is 13.0 Å². The van der Waals surface area contributed by atoms with Crippen molar-refractivity contribution in [2.24, 2.45) is 0 Å². The molecule has 1 amide bonds. The lowest BCUT2D eigenvalue weighted by Gasteiger charge is -2.22. The summed E-state index contributed by atoms with van der Waals surface area (Å²) >= 11 is 0. The van der Waals surface area contributed by atoms with Crippen LogP contribution in [0.5, 0.6) is 5.88 Å². The molecule has 0 bridgehead atoms. The summed E-state index contributed by atoms with van der Waals surface area (Å²) in [7, 11) is 1.55. The van der Waals surface area contributed by atoms with Crippen LogP contribution in [-0.4, -0.2) is 59.0 Å². The monoisotopic (exact) mass is 326 g/mol. The van der Waals surface area contributed by atoms with E-state index in [1.165, 1.54) is 5.56 Å². The van der Waals surface area contributed by atoms with Crippen LogP contribution >= 0.6 is 0 Å². The molecular weight excluding hydrogens is 304 g/mol. The number of aromatic nitrogens is 2. The van der Waals surface area contributed by atoms with Crippen LogP contribution in [-0.2, 0) is 6.54 Å². The summed E-state index contributed by atoms with van der Waals surface area (Å²) < 4.78 is 5.10. The predicted molar refractivity (Wildman–Crippen MR) is 90.8 cm³/mol. The third kappa shape index (κ3) is 4.08. The topological polar surface area (TPSA) is 58.6 Å². The number of hydrogen-bond acceptors (Lipinski definition) is 5. The van der Waals surface area contributed by atoms with Crippen molar-refractivity contribution in [1.82, 2.24) is 19.8 Å². The second-order valence-electron chi connectivity index (χ2n) is 5.87. The first-order valence-electron chi connectivity index (χ1n) is 8.17. The van der Waals surface area contributed by atoms with E-state index in [4.69, 9.17) is 4.74 Å². The molecule has 0 atom stereocenters. The second-order valence-corrected chi connectivity index (χ2v) is 5.87. The lowest BCUT2D eigenvalue weighted by molar-refractivity contribution is 0.0760. The zero-order valence-corrected chi connectivity index (χ0v) is 13.9. The molecule has 3 heterocycles. The number of methoxy groups -OCH3 is 1. The molecule has 0 aromatic carbocycles.